The number of benzene rings is 1. The molecule has 29 heavy (non-hydrogen) atoms. The summed E-state index contributed by atoms with van der Waals surface area (Å²) in [5.74, 6) is 0.330. The molecule has 2 aromatic heterocycles. The van der Waals surface area contributed by atoms with Gasteiger partial charge in [-0.3, -0.25) is 0 Å². The summed E-state index contributed by atoms with van der Waals surface area (Å²) in [7, 11) is 5.52. The van der Waals surface area contributed by atoms with E-state index in [0.29, 0.717) is 11.3 Å². The maximum absolute atomic E-state index is 13.8. The minimum Gasteiger partial charge on any atom is -0.385 e. The van der Waals surface area contributed by atoms with Crippen LogP contribution >= 0.6 is 22.9 Å². The van der Waals surface area contributed by atoms with Gasteiger partial charge < -0.3 is 14.4 Å². The van der Waals surface area contributed by atoms with Crippen LogP contribution in [0.25, 0.3) is 21.8 Å². The fourth-order valence-corrected chi connectivity index (χ4v) is 3.47. The van der Waals surface area contributed by atoms with E-state index >= 15 is 0 Å². The highest BCUT2D eigenvalue weighted by Gasteiger charge is 2.16. The molecule has 8 heteroatoms. The topological polar surface area (TPSA) is 55.3 Å². The van der Waals surface area contributed by atoms with Crippen LogP contribution in [0.4, 0.5) is 10.2 Å². The zero-order valence-electron chi connectivity index (χ0n) is 16.8. The second-order valence-electron chi connectivity index (χ2n) is 6.17. The van der Waals surface area contributed by atoms with Gasteiger partial charge in [0.1, 0.15) is 22.9 Å². The molecule has 0 N–H and O–H groups in total. The van der Waals surface area contributed by atoms with Gasteiger partial charge in [-0.05, 0) is 31.2 Å². The second kappa shape index (κ2) is 11.0. The number of aromatic nitrogens is 2. The van der Waals surface area contributed by atoms with E-state index in [1.54, 1.807) is 19.4 Å². The molecule has 0 unspecified atom stereocenters. The van der Waals surface area contributed by atoms with Crippen LogP contribution in [0.2, 0.25) is 5.02 Å². The molecule has 154 valence electrons. The first-order chi connectivity index (χ1) is 13.9. The van der Waals surface area contributed by atoms with E-state index in [0.717, 1.165) is 34.2 Å². The van der Waals surface area contributed by atoms with Gasteiger partial charge >= 0.3 is 0 Å². The molecule has 0 fully saturated rings. The number of carbonyl (C=O) groups excluding carboxylic acids is 1. The number of anilines is 1. The quantitative estimate of drug-likeness (QED) is 0.502. The number of ether oxygens (including phenoxy) is 1. The summed E-state index contributed by atoms with van der Waals surface area (Å²) in [4.78, 5) is 22.7. The van der Waals surface area contributed by atoms with Gasteiger partial charge in [0.2, 0.25) is 0 Å². The second-order valence-corrected chi connectivity index (χ2v) is 7.66. The lowest BCUT2D eigenvalue weighted by Gasteiger charge is -2.10. The molecule has 3 aromatic rings. The highest BCUT2D eigenvalue weighted by Crippen LogP contribution is 2.35. The van der Waals surface area contributed by atoms with Crippen molar-refractivity contribution in [2.75, 3.05) is 32.7 Å². The van der Waals surface area contributed by atoms with Gasteiger partial charge in [-0.25, -0.2) is 14.4 Å². The van der Waals surface area contributed by atoms with E-state index in [1.165, 1.54) is 23.5 Å². The maximum atomic E-state index is 13.8. The Morgan fingerprint density at radius 3 is 2.45 bits per heavy atom. The highest BCUT2D eigenvalue weighted by atomic mass is 35.5. The van der Waals surface area contributed by atoms with E-state index in [9.17, 15) is 9.18 Å². The molecule has 0 saturated heterocycles. The predicted octanol–water partition coefficient (Wildman–Crippen LogP) is 5.12. The Hall–Kier alpha value is -2.35. The van der Waals surface area contributed by atoms with Crippen molar-refractivity contribution in [3.05, 3.63) is 52.2 Å². The fourth-order valence-electron chi connectivity index (χ4n) is 2.34. The average Bonchev–Trinajstić information content (AvgIpc) is 3.14. The first-order valence-electron chi connectivity index (χ1n) is 8.92. The van der Waals surface area contributed by atoms with E-state index in [-0.39, 0.29) is 11.4 Å². The lowest BCUT2D eigenvalue weighted by Crippen LogP contribution is -2.09. The molecule has 1 aromatic carbocycles. The van der Waals surface area contributed by atoms with Crippen molar-refractivity contribution in [1.29, 1.82) is 0 Å². The fraction of sp³-hybridized carbons (Fsp3) is 0.286. The molecule has 0 aliphatic carbocycles. The SMILES string of the molecule is CCOC.CN(C)c1ccc(-c2nc(-c3ccc(Cl)c(F)c3)c(CC=O)s2)cn1. The Morgan fingerprint density at radius 1 is 1.24 bits per heavy atom. The largest absolute Gasteiger partial charge is 0.385 e. The third kappa shape index (κ3) is 6.06. The molecule has 0 amide bonds. The Bertz CT molecular complexity index is 944. The molecule has 0 aliphatic heterocycles. The molecule has 3 rings (SSSR count). The lowest BCUT2D eigenvalue weighted by molar-refractivity contribution is -0.107. The normalized spacial score (nSPS) is 10.3. The Morgan fingerprint density at radius 2 is 1.93 bits per heavy atom. The number of rotatable bonds is 6. The number of hydrogen-bond donors (Lipinski definition) is 0. The number of hydrogen-bond acceptors (Lipinski definition) is 6. The summed E-state index contributed by atoms with van der Waals surface area (Å²) in [5, 5.41) is 0.791. The molecule has 0 aliphatic rings. The van der Waals surface area contributed by atoms with Crippen LogP contribution in [0.5, 0.6) is 0 Å². The van der Waals surface area contributed by atoms with Crippen LogP contribution in [0.3, 0.4) is 0 Å². The van der Waals surface area contributed by atoms with E-state index in [1.807, 2.05) is 38.1 Å². The Balaban J connectivity index is 0.000000687. The van der Waals surface area contributed by atoms with Crippen LogP contribution in [-0.4, -0.2) is 44.1 Å². The first-order valence-corrected chi connectivity index (χ1v) is 10.1. The summed E-state index contributed by atoms with van der Waals surface area (Å²) in [6.45, 7) is 2.78. The average molecular weight is 436 g/mol. The van der Waals surface area contributed by atoms with Crippen molar-refractivity contribution in [3.63, 3.8) is 0 Å². The molecular formula is C21H23ClFN3O2S. The molecule has 2 heterocycles. The van der Waals surface area contributed by atoms with Gasteiger partial charge in [0.15, 0.2) is 0 Å². The summed E-state index contributed by atoms with van der Waals surface area (Å²) in [6, 6.07) is 8.36. The number of aldehydes is 1. The number of nitrogens with zero attached hydrogens (tertiary/aromatic N) is 3. The number of pyridine rings is 1. The number of halogens is 2. The van der Waals surface area contributed by atoms with Gasteiger partial charge in [-0.15, -0.1) is 11.3 Å². The van der Waals surface area contributed by atoms with Crippen molar-refractivity contribution in [2.45, 2.75) is 13.3 Å². The molecule has 0 atom stereocenters. The smallest absolute Gasteiger partial charge is 0.142 e. The Labute approximate surface area is 179 Å². The van der Waals surface area contributed by atoms with Crippen LogP contribution in [0.1, 0.15) is 11.8 Å². The molecule has 0 spiro atoms. The zero-order valence-corrected chi connectivity index (χ0v) is 18.4. The predicted molar refractivity (Wildman–Crippen MR) is 117 cm³/mol. The van der Waals surface area contributed by atoms with Gasteiger partial charge in [0.05, 0.1) is 10.7 Å². The number of methoxy groups -OCH3 is 1. The summed E-state index contributed by atoms with van der Waals surface area (Å²) < 4.78 is 18.3. The van der Waals surface area contributed by atoms with Gasteiger partial charge in [0, 0.05) is 56.4 Å². The van der Waals surface area contributed by atoms with Crippen molar-refractivity contribution in [3.8, 4) is 21.8 Å². The first kappa shape index (κ1) is 22.9. The lowest BCUT2D eigenvalue weighted by atomic mass is 10.1. The van der Waals surface area contributed by atoms with Crippen molar-refractivity contribution >= 4 is 35.0 Å². The van der Waals surface area contributed by atoms with E-state index in [4.69, 9.17) is 11.6 Å². The molecule has 5 nitrogen and oxygen atoms in total. The van der Waals surface area contributed by atoms with Crippen molar-refractivity contribution < 1.29 is 13.9 Å². The zero-order chi connectivity index (χ0) is 21.4. The molecular weight excluding hydrogens is 413 g/mol. The maximum Gasteiger partial charge on any atom is 0.142 e. The monoisotopic (exact) mass is 435 g/mol. The number of thiazole rings is 1. The van der Waals surface area contributed by atoms with Gasteiger partial charge in [0.25, 0.3) is 0 Å². The van der Waals surface area contributed by atoms with Gasteiger partial charge in [-0.1, -0.05) is 17.7 Å². The minimum absolute atomic E-state index is 0.0552. The molecule has 0 bridgehead atoms. The van der Waals surface area contributed by atoms with Crippen LogP contribution in [-0.2, 0) is 16.0 Å². The minimum atomic E-state index is -0.511. The Kier molecular flexibility index (Phi) is 8.70. The third-order valence-corrected chi connectivity index (χ3v) is 5.33. The highest BCUT2D eigenvalue weighted by molar-refractivity contribution is 7.15. The molecule has 0 radical (unpaired) electrons. The third-order valence-electron chi connectivity index (χ3n) is 3.90. The summed E-state index contributed by atoms with van der Waals surface area (Å²) in [6.07, 6.45) is 2.78. The summed E-state index contributed by atoms with van der Waals surface area (Å²) >= 11 is 7.15. The summed E-state index contributed by atoms with van der Waals surface area (Å²) in [5.41, 5.74) is 2.04. The van der Waals surface area contributed by atoms with Crippen molar-refractivity contribution in [2.24, 2.45) is 0 Å². The van der Waals surface area contributed by atoms with Crippen LogP contribution in [0, 0.1) is 5.82 Å². The van der Waals surface area contributed by atoms with Gasteiger partial charge in [-0.2, -0.15) is 0 Å². The molecule has 0 saturated carbocycles. The standard InChI is InChI=1S/C18H15ClFN3OS.C3H8O/c1-23(2)16-6-4-12(10-21-16)18-22-17(15(25-18)7-8-24)11-3-5-13(19)14(20)9-11;1-3-4-2/h3-6,8-10H,7H2,1-2H3;3H2,1-2H3. The van der Waals surface area contributed by atoms with E-state index < -0.39 is 5.82 Å². The van der Waals surface area contributed by atoms with Crippen LogP contribution < -0.4 is 4.90 Å². The number of carbonyl (C=O) groups is 1. The van der Waals surface area contributed by atoms with E-state index in [2.05, 4.69) is 14.7 Å². The van der Waals surface area contributed by atoms with Crippen molar-refractivity contribution in [1.82, 2.24) is 9.97 Å². The van der Waals surface area contributed by atoms with Crippen LogP contribution in [0.15, 0.2) is 36.5 Å².